The Morgan fingerprint density at radius 3 is 2.19 bits per heavy atom. The molecule has 0 bridgehead atoms. The average Bonchev–Trinajstić information content (AvgIpc) is 2.85. The Kier molecular flexibility index (Phi) is 7.66. The van der Waals surface area contributed by atoms with Crippen molar-refractivity contribution in [2.45, 2.75) is 65.0 Å². The molecule has 3 saturated heterocycles. The van der Waals surface area contributed by atoms with Gasteiger partial charge in [-0.25, -0.2) is 4.79 Å². The summed E-state index contributed by atoms with van der Waals surface area (Å²) < 4.78 is 5.50. The average molecular weight is 499 g/mol. The fourth-order valence-corrected chi connectivity index (χ4v) is 5.55. The summed E-state index contributed by atoms with van der Waals surface area (Å²) in [6, 6.07) is 4.20. The maximum absolute atomic E-state index is 13.1. The predicted molar refractivity (Wildman–Crippen MR) is 140 cm³/mol. The standard InChI is InChI=1S/C27H42N6O3/c1-21-19-33(25(35)36-26(2,3)4)18-17-32(21)20-23(28)24(34)31-15-9-27(10-16-31)7-13-30(14-8-27)22-5-11-29-12-6-22/h5-6,11-12,20-21H,7-10,13-19,28H2,1-4H3/b23-20-. The normalized spacial score (nSPS) is 23.1. The Labute approximate surface area is 215 Å². The molecule has 198 valence electrons. The van der Waals surface area contributed by atoms with Crippen molar-refractivity contribution in [3.05, 3.63) is 36.4 Å². The van der Waals surface area contributed by atoms with E-state index in [2.05, 4.69) is 26.9 Å². The number of hydrogen-bond acceptors (Lipinski definition) is 7. The molecule has 1 aromatic heterocycles. The van der Waals surface area contributed by atoms with Gasteiger partial charge in [-0.2, -0.15) is 0 Å². The van der Waals surface area contributed by atoms with Crippen LogP contribution in [0.4, 0.5) is 10.5 Å². The second-order valence-corrected chi connectivity index (χ2v) is 11.6. The monoisotopic (exact) mass is 498 g/mol. The number of hydrogen-bond donors (Lipinski definition) is 1. The zero-order chi connectivity index (χ0) is 25.9. The minimum Gasteiger partial charge on any atom is -0.444 e. The number of nitrogens with two attached hydrogens (primary N) is 1. The summed E-state index contributed by atoms with van der Waals surface area (Å²) in [5.74, 6) is -0.0826. The lowest BCUT2D eigenvalue weighted by Crippen LogP contribution is -2.53. The maximum Gasteiger partial charge on any atom is 0.410 e. The number of carbonyl (C=O) groups excluding carboxylic acids is 2. The number of piperazine rings is 1. The number of likely N-dealkylation sites (tertiary alicyclic amines) is 1. The summed E-state index contributed by atoms with van der Waals surface area (Å²) in [4.78, 5) is 37.8. The van der Waals surface area contributed by atoms with Crippen LogP contribution in [0.3, 0.4) is 0 Å². The molecule has 2 amide bonds. The van der Waals surface area contributed by atoms with E-state index >= 15 is 0 Å². The van der Waals surface area contributed by atoms with E-state index in [1.165, 1.54) is 5.69 Å². The number of rotatable bonds is 3. The Bertz CT molecular complexity index is 942. The highest BCUT2D eigenvalue weighted by Crippen LogP contribution is 2.42. The van der Waals surface area contributed by atoms with Gasteiger partial charge >= 0.3 is 6.09 Å². The fraction of sp³-hybridized carbons (Fsp3) is 0.667. The van der Waals surface area contributed by atoms with Crippen molar-refractivity contribution in [1.82, 2.24) is 19.7 Å². The van der Waals surface area contributed by atoms with Gasteiger partial charge < -0.3 is 30.1 Å². The van der Waals surface area contributed by atoms with Gasteiger partial charge in [-0.3, -0.25) is 9.78 Å². The molecule has 9 nitrogen and oxygen atoms in total. The largest absolute Gasteiger partial charge is 0.444 e. The van der Waals surface area contributed by atoms with Gasteiger partial charge in [0.1, 0.15) is 11.3 Å². The van der Waals surface area contributed by atoms with Gasteiger partial charge in [0.2, 0.25) is 0 Å². The number of pyridine rings is 1. The number of amides is 2. The number of ether oxygens (including phenoxy) is 1. The van der Waals surface area contributed by atoms with Crippen LogP contribution in [0.5, 0.6) is 0 Å². The third-order valence-electron chi connectivity index (χ3n) is 7.85. The second kappa shape index (κ2) is 10.6. The third kappa shape index (κ3) is 6.23. The van der Waals surface area contributed by atoms with Gasteiger partial charge in [0.15, 0.2) is 0 Å². The quantitative estimate of drug-likeness (QED) is 0.640. The molecule has 1 unspecified atom stereocenters. The molecule has 0 saturated carbocycles. The summed E-state index contributed by atoms with van der Waals surface area (Å²) >= 11 is 0. The minimum absolute atomic E-state index is 0.0489. The number of anilines is 1. The number of aromatic nitrogens is 1. The van der Waals surface area contributed by atoms with Crippen molar-refractivity contribution in [3.63, 3.8) is 0 Å². The zero-order valence-corrected chi connectivity index (χ0v) is 22.3. The van der Waals surface area contributed by atoms with Crippen LogP contribution in [0, 0.1) is 5.41 Å². The van der Waals surface area contributed by atoms with E-state index in [-0.39, 0.29) is 23.7 Å². The summed E-state index contributed by atoms with van der Waals surface area (Å²) in [5, 5.41) is 0. The van der Waals surface area contributed by atoms with Crippen LogP contribution in [0.2, 0.25) is 0 Å². The summed E-state index contributed by atoms with van der Waals surface area (Å²) in [6.45, 7) is 12.9. The molecule has 3 aliphatic heterocycles. The van der Waals surface area contributed by atoms with Gasteiger partial charge in [-0.15, -0.1) is 0 Å². The molecule has 4 rings (SSSR count). The molecule has 9 heteroatoms. The minimum atomic E-state index is -0.516. The first kappa shape index (κ1) is 26.1. The van der Waals surface area contributed by atoms with Crippen molar-refractivity contribution < 1.29 is 14.3 Å². The van der Waals surface area contributed by atoms with E-state index < -0.39 is 5.60 Å². The lowest BCUT2D eigenvalue weighted by atomic mass is 9.71. The Morgan fingerprint density at radius 1 is 1.00 bits per heavy atom. The molecular weight excluding hydrogens is 456 g/mol. The predicted octanol–water partition coefficient (Wildman–Crippen LogP) is 3.03. The first-order valence-corrected chi connectivity index (χ1v) is 13.2. The Balaban J connectivity index is 1.26. The van der Waals surface area contributed by atoms with Gasteiger partial charge in [0, 0.05) is 76.1 Å². The van der Waals surface area contributed by atoms with E-state index in [9.17, 15) is 9.59 Å². The molecule has 1 spiro atoms. The molecule has 4 heterocycles. The van der Waals surface area contributed by atoms with Gasteiger partial charge in [0.25, 0.3) is 5.91 Å². The zero-order valence-electron chi connectivity index (χ0n) is 22.3. The van der Waals surface area contributed by atoms with E-state index in [1.807, 2.05) is 45.0 Å². The molecule has 3 aliphatic rings. The third-order valence-corrected chi connectivity index (χ3v) is 7.85. The van der Waals surface area contributed by atoms with Crippen molar-refractivity contribution in [3.8, 4) is 0 Å². The fourth-order valence-electron chi connectivity index (χ4n) is 5.55. The lowest BCUT2D eigenvalue weighted by molar-refractivity contribution is -0.129. The molecule has 0 radical (unpaired) electrons. The topological polar surface area (TPSA) is 95.2 Å². The molecule has 2 N–H and O–H groups in total. The van der Waals surface area contributed by atoms with Gasteiger partial charge in [0.05, 0.1) is 0 Å². The van der Waals surface area contributed by atoms with Crippen LogP contribution in [0.25, 0.3) is 0 Å². The first-order valence-electron chi connectivity index (χ1n) is 13.2. The number of carbonyl (C=O) groups is 2. The molecule has 0 aliphatic carbocycles. The van der Waals surface area contributed by atoms with Gasteiger partial charge in [-0.1, -0.05) is 0 Å². The van der Waals surface area contributed by atoms with E-state index in [1.54, 1.807) is 11.1 Å². The van der Waals surface area contributed by atoms with Gasteiger partial charge in [-0.05, 0) is 70.9 Å². The SMILES string of the molecule is CC1CN(C(=O)OC(C)(C)C)CCN1/C=C(\N)C(=O)N1CCC2(CC1)CCN(c1ccncc1)CC2. The van der Waals surface area contributed by atoms with Crippen LogP contribution >= 0.6 is 0 Å². The summed E-state index contributed by atoms with van der Waals surface area (Å²) in [6.07, 6.45) is 9.55. The number of piperidine rings is 2. The molecule has 1 atom stereocenters. The van der Waals surface area contributed by atoms with Crippen LogP contribution in [0.1, 0.15) is 53.4 Å². The molecule has 36 heavy (non-hydrogen) atoms. The van der Waals surface area contributed by atoms with Crippen molar-refractivity contribution in [2.75, 3.05) is 50.7 Å². The van der Waals surface area contributed by atoms with Crippen molar-refractivity contribution in [1.29, 1.82) is 0 Å². The van der Waals surface area contributed by atoms with Crippen LogP contribution in [-0.4, -0.2) is 89.1 Å². The molecule has 1 aromatic rings. The molecule has 0 aromatic carbocycles. The first-order chi connectivity index (χ1) is 17.1. The van der Waals surface area contributed by atoms with E-state index in [0.29, 0.717) is 25.0 Å². The lowest BCUT2D eigenvalue weighted by Gasteiger charge is -2.47. The van der Waals surface area contributed by atoms with Crippen LogP contribution in [0.15, 0.2) is 36.4 Å². The van der Waals surface area contributed by atoms with E-state index in [4.69, 9.17) is 10.5 Å². The highest BCUT2D eigenvalue weighted by Gasteiger charge is 2.39. The van der Waals surface area contributed by atoms with Crippen LogP contribution in [-0.2, 0) is 9.53 Å². The van der Waals surface area contributed by atoms with Crippen molar-refractivity contribution >= 4 is 17.7 Å². The maximum atomic E-state index is 13.1. The second-order valence-electron chi connectivity index (χ2n) is 11.6. The molecule has 3 fully saturated rings. The Hall–Kier alpha value is -2.97. The smallest absolute Gasteiger partial charge is 0.410 e. The highest BCUT2D eigenvalue weighted by atomic mass is 16.6. The van der Waals surface area contributed by atoms with E-state index in [0.717, 1.165) is 51.9 Å². The molecular formula is C27H42N6O3. The summed E-state index contributed by atoms with van der Waals surface area (Å²) in [5.41, 5.74) is 7.61. The Morgan fingerprint density at radius 2 is 1.61 bits per heavy atom. The van der Waals surface area contributed by atoms with Crippen LogP contribution < -0.4 is 10.6 Å². The highest BCUT2D eigenvalue weighted by molar-refractivity contribution is 5.92. The summed E-state index contributed by atoms with van der Waals surface area (Å²) in [7, 11) is 0. The number of nitrogens with zero attached hydrogens (tertiary/aromatic N) is 5. The van der Waals surface area contributed by atoms with Crippen molar-refractivity contribution in [2.24, 2.45) is 11.1 Å².